The number of hydrogen-bond donors (Lipinski definition) is 2. The first-order chi connectivity index (χ1) is 7.58. The molecule has 0 heterocycles. The fourth-order valence-electron chi connectivity index (χ4n) is 1.56. The maximum atomic E-state index is 11.8. The number of nitrogen functional groups attached to an aromatic ring is 1. The molecule has 0 saturated carbocycles. The van der Waals surface area contributed by atoms with Crippen LogP contribution in [0.2, 0.25) is 0 Å². The Morgan fingerprint density at radius 3 is 2.50 bits per heavy atom. The molecular weight excluding hydrogens is 204 g/mol. The van der Waals surface area contributed by atoms with E-state index in [1.807, 2.05) is 13.8 Å². The van der Waals surface area contributed by atoms with Crippen LogP contribution in [0.25, 0.3) is 0 Å². The maximum Gasteiger partial charge on any atom is 0.226 e. The molecule has 0 aromatic heterocycles. The van der Waals surface area contributed by atoms with Crippen LogP contribution in [0.4, 0.5) is 5.69 Å². The van der Waals surface area contributed by atoms with E-state index in [1.54, 1.807) is 17.0 Å². The third-order valence-electron chi connectivity index (χ3n) is 2.57. The number of phenols is 1. The number of likely N-dealkylation sites (N-methyl/N-ethyl adjacent to an activating group) is 1. The molecule has 0 unspecified atom stereocenters. The molecule has 0 saturated heterocycles. The molecule has 0 fully saturated rings. The number of carbonyl (C=O) groups excluding carboxylic acids is 1. The van der Waals surface area contributed by atoms with Crippen LogP contribution in [-0.4, -0.2) is 29.0 Å². The summed E-state index contributed by atoms with van der Waals surface area (Å²) in [7, 11) is 0. The minimum absolute atomic E-state index is 0.0323. The number of benzene rings is 1. The standard InChI is InChI=1S/C12H18N2O2/c1-3-14(4-2)12(16)8-9-5-6-10(13)11(15)7-9/h5-7,15H,3-4,8,13H2,1-2H3. The molecule has 16 heavy (non-hydrogen) atoms. The first-order valence-corrected chi connectivity index (χ1v) is 5.43. The number of aromatic hydroxyl groups is 1. The summed E-state index contributed by atoms with van der Waals surface area (Å²) in [5, 5.41) is 9.42. The van der Waals surface area contributed by atoms with E-state index >= 15 is 0 Å². The van der Waals surface area contributed by atoms with E-state index in [9.17, 15) is 9.90 Å². The molecule has 88 valence electrons. The van der Waals surface area contributed by atoms with Gasteiger partial charge in [0.1, 0.15) is 5.75 Å². The molecule has 1 amide bonds. The van der Waals surface area contributed by atoms with Gasteiger partial charge in [-0.2, -0.15) is 0 Å². The Balaban J connectivity index is 2.73. The van der Waals surface area contributed by atoms with Crippen molar-refractivity contribution < 1.29 is 9.90 Å². The van der Waals surface area contributed by atoms with Crippen LogP contribution in [0.15, 0.2) is 18.2 Å². The topological polar surface area (TPSA) is 66.6 Å². The molecule has 0 aliphatic carbocycles. The largest absolute Gasteiger partial charge is 0.506 e. The third-order valence-corrected chi connectivity index (χ3v) is 2.57. The van der Waals surface area contributed by atoms with E-state index < -0.39 is 0 Å². The molecule has 0 aliphatic rings. The first kappa shape index (κ1) is 12.4. The quantitative estimate of drug-likeness (QED) is 0.597. The summed E-state index contributed by atoms with van der Waals surface area (Å²) in [6, 6.07) is 4.91. The molecule has 4 heteroatoms. The number of nitrogens with two attached hydrogens (primary N) is 1. The average Bonchev–Trinajstić information content (AvgIpc) is 2.25. The van der Waals surface area contributed by atoms with Crippen LogP contribution >= 0.6 is 0 Å². The van der Waals surface area contributed by atoms with Crippen LogP contribution in [0.3, 0.4) is 0 Å². The smallest absolute Gasteiger partial charge is 0.226 e. The molecule has 0 radical (unpaired) electrons. The van der Waals surface area contributed by atoms with Crippen LogP contribution < -0.4 is 5.73 Å². The van der Waals surface area contributed by atoms with Crippen molar-refractivity contribution in [3.05, 3.63) is 23.8 Å². The fraction of sp³-hybridized carbons (Fsp3) is 0.417. The van der Waals surface area contributed by atoms with Crippen molar-refractivity contribution >= 4 is 11.6 Å². The highest BCUT2D eigenvalue weighted by molar-refractivity contribution is 5.79. The molecule has 1 rings (SSSR count). The second kappa shape index (κ2) is 5.39. The number of carbonyl (C=O) groups is 1. The lowest BCUT2D eigenvalue weighted by molar-refractivity contribution is -0.130. The molecule has 0 spiro atoms. The van der Waals surface area contributed by atoms with Gasteiger partial charge in [0.05, 0.1) is 12.1 Å². The van der Waals surface area contributed by atoms with Gasteiger partial charge in [0.2, 0.25) is 5.91 Å². The molecule has 1 aromatic carbocycles. The molecule has 4 nitrogen and oxygen atoms in total. The van der Waals surface area contributed by atoms with Crippen molar-refractivity contribution in [2.75, 3.05) is 18.8 Å². The third kappa shape index (κ3) is 2.89. The van der Waals surface area contributed by atoms with E-state index in [4.69, 9.17) is 5.73 Å². The lowest BCUT2D eigenvalue weighted by Crippen LogP contribution is -2.31. The number of hydrogen-bond acceptors (Lipinski definition) is 3. The van der Waals surface area contributed by atoms with Gasteiger partial charge in [-0.1, -0.05) is 6.07 Å². The van der Waals surface area contributed by atoms with Gasteiger partial charge in [0.25, 0.3) is 0 Å². The summed E-state index contributed by atoms with van der Waals surface area (Å²) in [4.78, 5) is 13.5. The van der Waals surface area contributed by atoms with Crippen molar-refractivity contribution in [3.8, 4) is 5.75 Å². The first-order valence-electron chi connectivity index (χ1n) is 5.43. The lowest BCUT2D eigenvalue weighted by atomic mass is 10.1. The van der Waals surface area contributed by atoms with E-state index in [-0.39, 0.29) is 11.7 Å². The normalized spacial score (nSPS) is 10.1. The Bertz CT molecular complexity index is 373. The zero-order valence-corrected chi connectivity index (χ0v) is 9.73. The Morgan fingerprint density at radius 1 is 1.38 bits per heavy atom. The summed E-state index contributed by atoms with van der Waals surface area (Å²) in [5.41, 5.74) is 6.60. The molecule has 0 atom stereocenters. The predicted octanol–water partition coefficient (Wildman–Crippen LogP) is 1.39. The van der Waals surface area contributed by atoms with Gasteiger partial charge in [-0.05, 0) is 31.5 Å². The van der Waals surface area contributed by atoms with Crippen LogP contribution in [0.5, 0.6) is 5.75 Å². The Hall–Kier alpha value is -1.71. The Labute approximate surface area is 95.7 Å². The molecule has 3 N–H and O–H groups in total. The van der Waals surface area contributed by atoms with Crippen LogP contribution in [-0.2, 0) is 11.2 Å². The second-order valence-corrected chi connectivity index (χ2v) is 3.64. The van der Waals surface area contributed by atoms with Crippen molar-refractivity contribution in [1.82, 2.24) is 4.90 Å². The van der Waals surface area contributed by atoms with E-state index in [1.165, 1.54) is 6.07 Å². The number of phenolic OH excluding ortho intramolecular Hbond substituents is 1. The average molecular weight is 222 g/mol. The highest BCUT2D eigenvalue weighted by Gasteiger charge is 2.10. The second-order valence-electron chi connectivity index (χ2n) is 3.64. The predicted molar refractivity (Wildman–Crippen MR) is 64.2 cm³/mol. The van der Waals surface area contributed by atoms with Crippen molar-refractivity contribution in [2.24, 2.45) is 0 Å². The number of rotatable bonds is 4. The fourth-order valence-corrected chi connectivity index (χ4v) is 1.56. The molecule has 1 aromatic rings. The van der Waals surface area contributed by atoms with Gasteiger partial charge in [0, 0.05) is 13.1 Å². The van der Waals surface area contributed by atoms with Crippen molar-refractivity contribution in [3.63, 3.8) is 0 Å². The van der Waals surface area contributed by atoms with Gasteiger partial charge in [-0.15, -0.1) is 0 Å². The Kier molecular flexibility index (Phi) is 4.17. The van der Waals surface area contributed by atoms with Crippen LogP contribution in [0, 0.1) is 0 Å². The number of anilines is 1. The summed E-state index contributed by atoms with van der Waals surface area (Å²) in [6.45, 7) is 5.30. The highest BCUT2D eigenvalue weighted by Crippen LogP contribution is 2.21. The molecule has 0 bridgehead atoms. The van der Waals surface area contributed by atoms with Crippen molar-refractivity contribution in [2.45, 2.75) is 20.3 Å². The summed E-state index contributed by atoms with van der Waals surface area (Å²) in [6.07, 6.45) is 0.301. The number of amides is 1. The van der Waals surface area contributed by atoms with Gasteiger partial charge >= 0.3 is 0 Å². The minimum atomic E-state index is 0.0323. The van der Waals surface area contributed by atoms with Gasteiger partial charge < -0.3 is 15.7 Å². The van der Waals surface area contributed by atoms with Crippen molar-refractivity contribution in [1.29, 1.82) is 0 Å². The summed E-state index contributed by atoms with van der Waals surface area (Å²) in [5.74, 6) is 0.0963. The summed E-state index contributed by atoms with van der Waals surface area (Å²) >= 11 is 0. The zero-order valence-electron chi connectivity index (χ0n) is 9.73. The zero-order chi connectivity index (χ0) is 12.1. The molecular formula is C12H18N2O2. The van der Waals surface area contributed by atoms with E-state index in [2.05, 4.69) is 0 Å². The minimum Gasteiger partial charge on any atom is -0.506 e. The highest BCUT2D eigenvalue weighted by atomic mass is 16.3. The van der Waals surface area contributed by atoms with Gasteiger partial charge in [-0.25, -0.2) is 0 Å². The van der Waals surface area contributed by atoms with E-state index in [0.29, 0.717) is 25.2 Å². The maximum absolute atomic E-state index is 11.8. The summed E-state index contributed by atoms with van der Waals surface area (Å²) < 4.78 is 0. The SMILES string of the molecule is CCN(CC)C(=O)Cc1ccc(N)c(O)c1. The van der Waals surface area contributed by atoms with Crippen LogP contribution in [0.1, 0.15) is 19.4 Å². The molecule has 0 aliphatic heterocycles. The lowest BCUT2D eigenvalue weighted by Gasteiger charge is -2.18. The monoisotopic (exact) mass is 222 g/mol. The van der Waals surface area contributed by atoms with E-state index in [0.717, 1.165) is 5.56 Å². The van der Waals surface area contributed by atoms with Gasteiger partial charge in [-0.3, -0.25) is 4.79 Å². The Morgan fingerprint density at radius 2 is 2.00 bits per heavy atom. The van der Waals surface area contributed by atoms with Gasteiger partial charge in [0.15, 0.2) is 0 Å². The number of nitrogens with zero attached hydrogens (tertiary/aromatic N) is 1.